The first-order chi connectivity index (χ1) is 14.1. The Balaban J connectivity index is 1.87. The first kappa shape index (κ1) is 22.3. The van der Waals surface area contributed by atoms with Gasteiger partial charge >= 0.3 is 0 Å². The van der Waals surface area contributed by atoms with E-state index in [1.54, 1.807) is 24.3 Å². The summed E-state index contributed by atoms with van der Waals surface area (Å²) in [5.41, 5.74) is 0.838. The third-order valence-electron chi connectivity index (χ3n) is 3.84. The molecule has 0 aliphatic heterocycles. The highest BCUT2D eigenvalue weighted by Crippen LogP contribution is 2.34. The number of primary sulfonamides is 1. The number of nitrogens with two attached hydrogens (primary N) is 1. The van der Waals surface area contributed by atoms with Gasteiger partial charge in [0.2, 0.25) is 15.9 Å². The highest BCUT2D eigenvalue weighted by molar-refractivity contribution is 7.89. The minimum absolute atomic E-state index is 0.00637. The Labute approximate surface area is 187 Å². The lowest BCUT2D eigenvalue weighted by Gasteiger charge is -2.13. The molecular formula is C19H14Cl3N3O4S. The fourth-order valence-corrected chi connectivity index (χ4v) is 3.68. The molecule has 1 aromatic heterocycles. The number of nitrogens with one attached hydrogen (secondary N) is 1. The molecule has 3 rings (SSSR count). The van der Waals surface area contributed by atoms with Crippen LogP contribution in [0.15, 0.2) is 59.6 Å². The van der Waals surface area contributed by atoms with E-state index < -0.39 is 10.0 Å². The van der Waals surface area contributed by atoms with Crippen molar-refractivity contribution in [1.29, 1.82) is 0 Å². The van der Waals surface area contributed by atoms with Gasteiger partial charge in [0.25, 0.3) is 0 Å². The number of halogens is 3. The fourth-order valence-electron chi connectivity index (χ4n) is 2.51. The van der Waals surface area contributed by atoms with E-state index in [1.807, 2.05) is 0 Å². The maximum atomic E-state index is 12.3. The molecule has 0 saturated heterocycles. The molecule has 7 nitrogen and oxygen atoms in total. The molecule has 0 spiro atoms. The van der Waals surface area contributed by atoms with Gasteiger partial charge in [-0.3, -0.25) is 4.79 Å². The van der Waals surface area contributed by atoms with Gasteiger partial charge in [-0.15, -0.1) is 0 Å². The molecule has 0 atom stereocenters. The van der Waals surface area contributed by atoms with Gasteiger partial charge < -0.3 is 10.1 Å². The maximum absolute atomic E-state index is 12.3. The van der Waals surface area contributed by atoms with Crippen molar-refractivity contribution in [1.82, 2.24) is 4.98 Å². The van der Waals surface area contributed by atoms with Crippen molar-refractivity contribution in [3.63, 3.8) is 0 Å². The number of hydrogen-bond donors (Lipinski definition) is 2. The zero-order valence-electron chi connectivity index (χ0n) is 15.1. The first-order valence-corrected chi connectivity index (χ1v) is 11.0. The Bertz CT molecular complexity index is 1220. The van der Waals surface area contributed by atoms with Crippen LogP contribution in [-0.2, 0) is 21.2 Å². The number of carbonyl (C=O) groups excluding carboxylic acids is 1. The normalized spacial score (nSPS) is 11.2. The number of anilines is 1. The van der Waals surface area contributed by atoms with E-state index in [-0.39, 0.29) is 44.6 Å². The second-order valence-electron chi connectivity index (χ2n) is 6.07. The highest BCUT2D eigenvalue weighted by Gasteiger charge is 2.19. The summed E-state index contributed by atoms with van der Waals surface area (Å²) in [6, 6.07) is 12.3. The number of sulfonamides is 1. The van der Waals surface area contributed by atoms with Crippen LogP contribution in [0.25, 0.3) is 0 Å². The molecule has 1 amide bonds. The van der Waals surface area contributed by atoms with E-state index >= 15 is 0 Å². The lowest BCUT2D eigenvalue weighted by atomic mass is 10.1. The number of ether oxygens (including phenoxy) is 1. The average molecular weight is 487 g/mol. The van der Waals surface area contributed by atoms with E-state index in [0.717, 1.165) is 0 Å². The third-order valence-corrected chi connectivity index (χ3v) is 5.63. The minimum atomic E-state index is -4.19. The molecule has 0 bridgehead atoms. The predicted octanol–water partition coefficient (Wildman–Crippen LogP) is 4.66. The van der Waals surface area contributed by atoms with Crippen LogP contribution < -0.4 is 15.2 Å². The summed E-state index contributed by atoms with van der Waals surface area (Å²) in [7, 11) is -4.19. The molecule has 11 heteroatoms. The Hall–Kier alpha value is -2.36. The van der Waals surface area contributed by atoms with Crippen molar-refractivity contribution in [2.45, 2.75) is 11.3 Å². The number of nitrogens with zero attached hydrogens (tertiary/aromatic N) is 1. The van der Waals surface area contributed by atoms with Crippen LogP contribution in [-0.4, -0.2) is 19.3 Å². The van der Waals surface area contributed by atoms with Crippen LogP contribution in [0, 0.1) is 0 Å². The summed E-state index contributed by atoms with van der Waals surface area (Å²) in [6.07, 6.45) is 1.32. The molecule has 30 heavy (non-hydrogen) atoms. The van der Waals surface area contributed by atoms with Crippen LogP contribution in [0.4, 0.5) is 5.69 Å². The van der Waals surface area contributed by atoms with Gasteiger partial charge in [-0.25, -0.2) is 18.5 Å². The Kier molecular flexibility index (Phi) is 6.84. The molecule has 0 aliphatic carbocycles. The molecule has 0 fully saturated rings. The SMILES string of the molecule is NS(=O)(=O)c1cc(NC(=O)Cc2ccccc2Cl)ccc1Oc1cc(Cl)cnc1Cl. The molecule has 1 heterocycles. The average Bonchev–Trinajstić information content (AvgIpc) is 2.67. The quantitative estimate of drug-likeness (QED) is 0.492. The van der Waals surface area contributed by atoms with Crippen LogP contribution in [0.2, 0.25) is 15.2 Å². The van der Waals surface area contributed by atoms with Gasteiger partial charge in [-0.2, -0.15) is 0 Å². The topological polar surface area (TPSA) is 111 Å². The van der Waals surface area contributed by atoms with Gasteiger partial charge in [-0.05, 0) is 29.8 Å². The lowest BCUT2D eigenvalue weighted by Crippen LogP contribution is -2.17. The molecule has 0 unspecified atom stereocenters. The second-order valence-corrected chi connectivity index (χ2v) is 8.80. The van der Waals surface area contributed by atoms with Crippen molar-refractivity contribution in [2.75, 3.05) is 5.32 Å². The maximum Gasteiger partial charge on any atom is 0.241 e. The highest BCUT2D eigenvalue weighted by atomic mass is 35.5. The van der Waals surface area contributed by atoms with E-state index in [0.29, 0.717) is 10.6 Å². The number of aromatic nitrogens is 1. The molecular weight excluding hydrogens is 473 g/mol. The summed E-state index contributed by atoms with van der Waals surface area (Å²) in [5.74, 6) is -0.448. The van der Waals surface area contributed by atoms with Gasteiger partial charge in [0.1, 0.15) is 10.6 Å². The number of benzene rings is 2. The summed E-state index contributed by atoms with van der Waals surface area (Å²) >= 11 is 17.9. The minimum Gasteiger partial charge on any atom is -0.453 e. The predicted molar refractivity (Wildman–Crippen MR) is 116 cm³/mol. The molecule has 3 aromatic rings. The van der Waals surface area contributed by atoms with Crippen molar-refractivity contribution in [3.05, 3.63) is 75.5 Å². The van der Waals surface area contributed by atoms with E-state index in [1.165, 1.54) is 30.5 Å². The van der Waals surface area contributed by atoms with Crippen molar-refractivity contribution < 1.29 is 17.9 Å². The molecule has 3 N–H and O–H groups in total. The summed E-state index contributed by atoms with van der Waals surface area (Å²) in [6.45, 7) is 0. The van der Waals surface area contributed by atoms with Gasteiger partial charge in [0.05, 0.1) is 11.4 Å². The summed E-state index contributed by atoms with van der Waals surface area (Å²) < 4.78 is 29.7. The van der Waals surface area contributed by atoms with Gasteiger partial charge in [-0.1, -0.05) is 53.0 Å². The van der Waals surface area contributed by atoms with E-state index in [4.69, 9.17) is 44.7 Å². The molecule has 0 saturated carbocycles. The fraction of sp³-hybridized carbons (Fsp3) is 0.0526. The summed E-state index contributed by atoms with van der Waals surface area (Å²) in [4.78, 5) is 15.8. The number of hydrogen-bond acceptors (Lipinski definition) is 5. The van der Waals surface area contributed by atoms with Gasteiger partial charge in [0, 0.05) is 23.0 Å². The largest absolute Gasteiger partial charge is 0.453 e. The zero-order valence-corrected chi connectivity index (χ0v) is 18.2. The first-order valence-electron chi connectivity index (χ1n) is 8.32. The summed E-state index contributed by atoms with van der Waals surface area (Å²) in [5, 5.41) is 8.60. The number of carbonyl (C=O) groups is 1. The zero-order chi connectivity index (χ0) is 21.9. The Morgan fingerprint density at radius 2 is 1.80 bits per heavy atom. The molecule has 0 aliphatic rings. The van der Waals surface area contributed by atoms with Crippen molar-refractivity contribution >= 4 is 56.4 Å². The van der Waals surface area contributed by atoms with Crippen LogP contribution in [0.5, 0.6) is 11.5 Å². The number of pyridine rings is 1. The van der Waals surface area contributed by atoms with Gasteiger partial charge in [0.15, 0.2) is 10.9 Å². The van der Waals surface area contributed by atoms with Crippen LogP contribution in [0.1, 0.15) is 5.56 Å². The van der Waals surface area contributed by atoms with E-state index in [2.05, 4.69) is 10.3 Å². The van der Waals surface area contributed by atoms with E-state index in [9.17, 15) is 13.2 Å². The smallest absolute Gasteiger partial charge is 0.241 e. The number of rotatable bonds is 6. The Morgan fingerprint density at radius 1 is 1.07 bits per heavy atom. The van der Waals surface area contributed by atoms with Crippen molar-refractivity contribution in [2.24, 2.45) is 5.14 Å². The third kappa shape index (κ3) is 5.62. The standard InChI is InChI=1S/C19H14Cl3N3O4S/c20-12-8-16(19(22)24-10-12)29-15-6-5-13(9-17(15)30(23,27)28)25-18(26)7-11-3-1-2-4-14(11)21/h1-6,8-10H,7H2,(H,25,26)(H2,23,27,28). The second kappa shape index (κ2) is 9.20. The monoisotopic (exact) mass is 485 g/mol. The van der Waals surface area contributed by atoms with Crippen LogP contribution >= 0.6 is 34.8 Å². The molecule has 156 valence electrons. The number of amides is 1. The Morgan fingerprint density at radius 3 is 2.50 bits per heavy atom. The van der Waals surface area contributed by atoms with Crippen molar-refractivity contribution in [3.8, 4) is 11.5 Å². The lowest BCUT2D eigenvalue weighted by molar-refractivity contribution is -0.115. The molecule has 2 aromatic carbocycles. The van der Waals surface area contributed by atoms with Crippen LogP contribution in [0.3, 0.4) is 0 Å². The molecule has 0 radical (unpaired) electrons.